The summed E-state index contributed by atoms with van der Waals surface area (Å²) in [6, 6.07) is 5.46. The number of carbonyl (C=O) groups excluding carboxylic acids is 1. The lowest BCUT2D eigenvalue weighted by Gasteiger charge is -2.18. The van der Waals surface area contributed by atoms with Crippen LogP contribution in [0.1, 0.15) is 51.7 Å². The Kier molecular flexibility index (Phi) is 4.35. The number of hydrogen-bond acceptors (Lipinski definition) is 3. The minimum Gasteiger partial charge on any atom is -0.478 e. The minimum atomic E-state index is -1.15. The van der Waals surface area contributed by atoms with Crippen LogP contribution in [-0.4, -0.2) is 22.3 Å². The third-order valence-corrected chi connectivity index (χ3v) is 3.49. The lowest BCUT2D eigenvalue weighted by molar-refractivity contribution is 0.0695. The summed E-state index contributed by atoms with van der Waals surface area (Å²) >= 11 is 0. The van der Waals surface area contributed by atoms with Gasteiger partial charge in [-0.2, -0.15) is 0 Å². The van der Waals surface area contributed by atoms with E-state index in [1.54, 1.807) is 6.92 Å². The van der Waals surface area contributed by atoms with E-state index in [1.165, 1.54) is 24.3 Å². The number of aromatic carboxylic acids is 1. The average Bonchev–Trinajstić information content (AvgIpc) is 2.46. The van der Waals surface area contributed by atoms with E-state index in [9.17, 15) is 19.1 Å². The molecule has 0 amide bonds. The van der Waals surface area contributed by atoms with Crippen LogP contribution in [0.4, 0.5) is 4.39 Å². The number of aldehydes is 1. The Morgan fingerprint density at radius 3 is 2.32 bits per heavy atom. The van der Waals surface area contributed by atoms with Crippen LogP contribution in [0.3, 0.4) is 0 Å². The molecule has 1 aromatic heterocycles. The van der Waals surface area contributed by atoms with Crippen LogP contribution in [-0.2, 0) is 0 Å². The molecule has 1 aromatic carbocycles. The van der Waals surface area contributed by atoms with Crippen molar-refractivity contribution in [1.82, 2.24) is 4.98 Å². The molecule has 2 rings (SSSR count). The lowest BCUT2D eigenvalue weighted by Crippen LogP contribution is -2.13. The molecular weight excluding hydrogens is 285 g/mol. The van der Waals surface area contributed by atoms with E-state index in [0.29, 0.717) is 28.7 Å². The highest BCUT2D eigenvalue weighted by molar-refractivity contribution is 5.99. The van der Waals surface area contributed by atoms with Crippen LogP contribution in [0.5, 0.6) is 0 Å². The fourth-order valence-electron chi connectivity index (χ4n) is 2.52. The quantitative estimate of drug-likeness (QED) is 0.871. The normalized spacial score (nSPS) is 10.8. The maximum atomic E-state index is 13.1. The largest absolute Gasteiger partial charge is 0.478 e. The van der Waals surface area contributed by atoms with Crippen molar-refractivity contribution >= 4 is 12.3 Å². The highest BCUT2D eigenvalue weighted by atomic mass is 19.1. The Hall–Kier alpha value is -2.56. The summed E-state index contributed by atoms with van der Waals surface area (Å²) < 4.78 is 13.1. The summed E-state index contributed by atoms with van der Waals surface area (Å²) in [4.78, 5) is 27.3. The van der Waals surface area contributed by atoms with Gasteiger partial charge in [-0.05, 0) is 42.7 Å². The van der Waals surface area contributed by atoms with Gasteiger partial charge in [-0.1, -0.05) is 13.8 Å². The molecule has 0 radical (unpaired) electrons. The molecule has 22 heavy (non-hydrogen) atoms. The van der Waals surface area contributed by atoms with Gasteiger partial charge in [-0.25, -0.2) is 9.18 Å². The zero-order chi connectivity index (χ0) is 16.4. The van der Waals surface area contributed by atoms with Crippen LogP contribution in [0, 0.1) is 12.7 Å². The van der Waals surface area contributed by atoms with Crippen LogP contribution in [0.25, 0.3) is 11.3 Å². The van der Waals surface area contributed by atoms with Crippen LogP contribution >= 0.6 is 0 Å². The molecule has 0 aliphatic rings. The first-order valence-electron chi connectivity index (χ1n) is 6.85. The standard InChI is InChI=1S/C17H16FNO3/c1-9(2)14-13(8-20)10(3)19-16(15(14)17(21)22)11-4-6-12(18)7-5-11/h4-9H,1-3H3,(H,21,22). The van der Waals surface area contributed by atoms with E-state index >= 15 is 0 Å². The van der Waals surface area contributed by atoms with Gasteiger partial charge in [-0.3, -0.25) is 9.78 Å². The molecule has 0 spiro atoms. The third kappa shape index (κ3) is 2.74. The van der Waals surface area contributed by atoms with Crippen molar-refractivity contribution in [1.29, 1.82) is 0 Å². The van der Waals surface area contributed by atoms with Gasteiger partial charge >= 0.3 is 5.97 Å². The molecule has 0 fully saturated rings. The number of carboxylic acids is 1. The van der Waals surface area contributed by atoms with Gasteiger partial charge in [0.25, 0.3) is 0 Å². The van der Waals surface area contributed by atoms with E-state index < -0.39 is 11.8 Å². The summed E-state index contributed by atoms with van der Waals surface area (Å²) in [5, 5.41) is 9.59. The zero-order valence-corrected chi connectivity index (χ0v) is 12.6. The number of aryl methyl sites for hydroxylation is 1. The van der Waals surface area contributed by atoms with Crippen LogP contribution < -0.4 is 0 Å². The highest BCUT2D eigenvalue weighted by Crippen LogP contribution is 2.32. The molecule has 0 aliphatic carbocycles. The van der Waals surface area contributed by atoms with E-state index in [-0.39, 0.29) is 17.2 Å². The number of rotatable bonds is 4. The topological polar surface area (TPSA) is 67.3 Å². The van der Waals surface area contributed by atoms with Crippen molar-refractivity contribution in [2.75, 3.05) is 0 Å². The monoisotopic (exact) mass is 301 g/mol. The summed E-state index contributed by atoms with van der Waals surface area (Å²) in [6.07, 6.45) is 0.637. The Labute approximate surface area is 127 Å². The number of pyridine rings is 1. The number of carboxylic acid groups (broad SMARTS) is 1. The molecule has 0 saturated carbocycles. The second-order valence-electron chi connectivity index (χ2n) is 5.33. The maximum absolute atomic E-state index is 13.1. The smallest absolute Gasteiger partial charge is 0.338 e. The van der Waals surface area contributed by atoms with Crippen molar-refractivity contribution in [2.24, 2.45) is 0 Å². The maximum Gasteiger partial charge on any atom is 0.338 e. The Bertz CT molecular complexity index is 737. The average molecular weight is 301 g/mol. The second-order valence-corrected chi connectivity index (χ2v) is 5.33. The van der Waals surface area contributed by atoms with Crippen molar-refractivity contribution in [3.05, 3.63) is 52.5 Å². The third-order valence-electron chi connectivity index (χ3n) is 3.49. The number of nitrogens with zero attached hydrogens (tertiary/aromatic N) is 1. The van der Waals surface area contributed by atoms with Gasteiger partial charge in [0.05, 0.1) is 11.3 Å². The van der Waals surface area contributed by atoms with Gasteiger partial charge in [0, 0.05) is 16.8 Å². The molecule has 5 heteroatoms. The van der Waals surface area contributed by atoms with Crippen molar-refractivity contribution in [2.45, 2.75) is 26.7 Å². The predicted octanol–water partition coefficient (Wildman–Crippen LogP) is 3.83. The van der Waals surface area contributed by atoms with Crippen LogP contribution in [0.15, 0.2) is 24.3 Å². The summed E-state index contributed by atoms with van der Waals surface area (Å²) in [6.45, 7) is 5.31. The van der Waals surface area contributed by atoms with E-state index in [4.69, 9.17) is 0 Å². The summed E-state index contributed by atoms with van der Waals surface area (Å²) in [5.74, 6) is -1.73. The van der Waals surface area contributed by atoms with Crippen molar-refractivity contribution < 1.29 is 19.1 Å². The first-order chi connectivity index (χ1) is 10.4. The van der Waals surface area contributed by atoms with Gasteiger partial charge in [0.2, 0.25) is 0 Å². The van der Waals surface area contributed by atoms with Gasteiger partial charge < -0.3 is 5.11 Å². The second kappa shape index (κ2) is 6.05. The van der Waals surface area contributed by atoms with E-state index in [2.05, 4.69) is 4.98 Å². The summed E-state index contributed by atoms with van der Waals surface area (Å²) in [7, 11) is 0. The van der Waals surface area contributed by atoms with Gasteiger partial charge in [0.15, 0.2) is 6.29 Å². The first-order valence-corrected chi connectivity index (χ1v) is 6.85. The Balaban J connectivity index is 2.87. The van der Waals surface area contributed by atoms with Gasteiger partial charge in [-0.15, -0.1) is 0 Å². The van der Waals surface area contributed by atoms with Crippen molar-refractivity contribution in [3.63, 3.8) is 0 Å². The molecule has 4 nitrogen and oxygen atoms in total. The van der Waals surface area contributed by atoms with E-state index in [0.717, 1.165) is 0 Å². The van der Waals surface area contributed by atoms with Gasteiger partial charge in [0.1, 0.15) is 5.82 Å². The molecule has 0 atom stereocenters. The molecule has 114 valence electrons. The van der Waals surface area contributed by atoms with Crippen molar-refractivity contribution in [3.8, 4) is 11.3 Å². The van der Waals surface area contributed by atoms with E-state index in [1.807, 2.05) is 13.8 Å². The first kappa shape index (κ1) is 15.8. The molecular formula is C17H16FNO3. The fourth-order valence-corrected chi connectivity index (χ4v) is 2.52. The molecule has 1 N–H and O–H groups in total. The molecule has 0 aliphatic heterocycles. The number of halogens is 1. The SMILES string of the molecule is Cc1nc(-c2ccc(F)cc2)c(C(=O)O)c(C(C)C)c1C=O. The lowest BCUT2D eigenvalue weighted by atomic mass is 9.89. The molecule has 0 unspecified atom stereocenters. The van der Waals surface area contributed by atoms with Crippen LogP contribution in [0.2, 0.25) is 0 Å². The fraction of sp³-hybridized carbons (Fsp3) is 0.235. The molecule has 0 saturated heterocycles. The molecule has 1 heterocycles. The zero-order valence-electron chi connectivity index (χ0n) is 12.6. The molecule has 2 aromatic rings. The minimum absolute atomic E-state index is 0.00527. The predicted molar refractivity (Wildman–Crippen MR) is 80.8 cm³/mol. The highest BCUT2D eigenvalue weighted by Gasteiger charge is 2.25. The number of aromatic nitrogens is 1. The Morgan fingerprint density at radius 2 is 1.86 bits per heavy atom. The number of hydrogen-bond donors (Lipinski definition) is 1. The number of benzene rings is 1. The Morgan fingerprint density at radius 1 is 1.27 bits per heavy atom. The molecule has 0 bridgehead atoms. The summed E-state index contributed by atoms with van der Waals surface area (Å²) in [5.41, 5.74) is 1.96. The number of carbonyl (C=O) groups is 2.